The standard InChI is InChI=1S/C25H29FN4O/c1-18-5-8-21(17-22(18)26)29-13-15-30(16-14-29)23-11-12-24(31-4)27-25(23)19-6-9-20(10-7-19)28(2)3/h5-12,17H,13-16H2,1-4H3. The molecular weight excluding hydrogens is 391 g/mol. The Kier molecular flexibility index (Phi) is 5.98. The quantitative estimate of drug-likeness (QED) is 0.602. The van der Waals surface area contributed by atoms with Crippen LogP contribution in [0.1, 0.15) is 5.56 Å². The van der Waals surface area contributed by atoms with Crippen LogP contribution in [-0.2, 0) is 0 Å². The number of pyridine rings is 1. The molecule has 3 aromatic rings. The second-order valence-electron chi connectivity index (χ2n) is 8.07. The average molecular weight is 421 g/mol. The second kappa shape index (κ2) is 8.84. The van der Waals surface area contributed by atoms with E-state index in [2.05, 4.69) is 45.0 Å². The van der Waals surface area contributed by atoms with Crippen LogP contribution in [0.4, 0.5) is 21.5 Å². The molecule has 2 aromatic carbocycles. The van der Waals surface area contributed by atoms with E-state index in [0.717, 1.165) is 54.5 Å². The van der Waals surface area contributed by atoms with Crippen molar-refractivity contribution in [1.29, 1.82) is 0 Å². The van der Waals surface area contributed by atoms with Gasteiger partial charge in [0.25, 0.3) is 0 Å². The van der Waals surface area contributed by atoms with Gasteiger partial charge < -0.3 is 19.4 Å². The van der Waals surface area contributed by atoms with Crippen molar-refractivity contribution in [3.8, 4) is 17.1 Å². The van der Waals surface area contributed by atoms with Crippen molar-refractivity contribution < 1.29 is 9.13 Å². The van der Waals surface area contributed by atoms with Gasteiger partial charge in [0.05, 0.1) is 18.5 Å². The smallest absolute Gasteiger partial charge is 0.213 e. The third kappa shape index (κ3) is 4.43. The third-order valence-corrected chi connectivity index (χ3v) is 5.86. The van der Waals surface area contributed by atoms with Crippen molar-refractivity contribution in [1.82, 2.24) is 4.98 Å². The first kappa shape index (κ1) is 21.0. The highest BCUT2D eigenvalue weighted by atomic mass is 19.1. The van der Waals surface area contributed by atoms with Crippen molar-refractivity contribution in [3.05, 3.63) is 66.0 Å². The SMILES string of the molecule is COc1ccc(N2CCN(c3ccc(C)c(F)c3)CC2)c(-c2ccc(N(C)C)cc2)n1. The van der Waals surface area contributed by atoms with Gasteiger partial charge in [0.2, 0.25) is 5.88 Å². The summed E-state index contributed by atoms with van der Waals surface area (Å²) in [5.41, 5.74) is 5.83. The maximum Gasteiger partial charge on any atom is 0.213 e. The maximum atomic E-state index is 14.0. The van der Waals surface area contributed by atoms with E-state index >= 15 is 0 Å². The van der Waals surface area contributed by atoms with Gasteiger partial charge in [-0.2, -0.15) is 0 Å². The number of methoxy groups -OCH3 is 1. The number of ether oxygens (including phenoxy) is 1. The molecular formula is C25H29FN4O. The fraction of sp³-hybridized carbons (Fsp3) is 0.320. The summed E-state index contributed by atoms with van der Waals surface area (Å²) in [6.07, 6.45) is 0. The molecule has 0 aliphatic carbocycles. The summed E-state index contributed by atoms with van der Waals surface area (Å²) in [6, 6.07) is 17.9. The number of aromatic nitrogens is 1. The Bertz CT molecular complexity index is 1040. The molecule has 1 aliphatic heterocycles. The van der Waals surface area contributed by atoms with Gasteiger partial charge in [-0.15, -0.1) is 0 Å². The summed E-state index contributed by atoms with van der Waals surface area (Å²) in [5.74, 6) is 0.451. The lowest BCUT2D eigenvalue weighted by molar-refractivity contribution is 0.398. The number of anilines is 3. The number of halogens is 1. The van der Waals surface area contributed by atoms with Crippen molar-refractivity contribution in [2.45, 2.75) is 6.92 Å². The second-order valence-corrected chi connectivity index (χ2v) is 8.07. The molecule has 4 rings (SSSR count). The minimum absolute atomic E-state index is 0.150. The summed E-state index contributed by atoms with van der Waals surface area (Å²) >= 11 is 0. The van der Waals surface area contributed by atoms with Gasteiger partial charge in [-0.3, -0.25) is 0 Å². The highest BCUT2D eigenvalue weighted by Crippen LogP contribution is 2.33. The van der Waals surface area contributed by atoms with Crippen LogP contribution in [0.25, 0.3) is 11.3 Å². The summed E-state index contributed by atoms with van der Waals surface area (Å²) in [5, 5.41) is 0. The van der Waals surface area contributed by atoms with Gasteiger partial charge in [0.15, 0.2) is 0 Å². The molecule has 1 saturated heterocycles. The molecule has 6 heteroatoms. The lowest BCUT2D eigenvalue weighted by atomic mass is 10.1. The monoisotopic (exact) mass is 420 g/mol. The lowest BCUT2D eigenvalue weighted by Gasteiger charge is -2.38. The Morgan fingerprint density at radius 2 is 1.58 bits per heavy atom. The highest BCUT2D eigenvalue weighted by Gasteiger charge is 2.22. The number of hydrogen-bond donors (Lipinski definition) is 0. The molecule has 31 heavy (non-hydrogen) atoms. The number of piperazine rings is 1. The first-order chi connectivity index (χ1) is 15.0. The molecule has 0 atom stereocenters. The van der Waals surface area contributed by atoms with E-state index in [-0.39, 0.29) is 5.82 Å². The van der Waals surface area contributed by atoms with Crippen LogP contribution in [-0.4, -0.2) is 52.4 Å². The lowest BCUT2D eigenvalue weighted by Crippen LogP contribution is -2.46. The first-order valence-corrected chi connectivity index (χ1v) is 10.5. The molecule has 2 heterocycles. The zero-order valence-corrected chi connectivity index (χ0v) is 18.6. The fourth-order valence-corrected chi connectivity index (χ4v) is 3.92. The Hall–Kier alpha value is -3.28. The molecule has 0 spiro atoms. The topological polar surface area (TPSA) is 31.8 Å². The minimum atomic E-state index is -0.150. The number of benzene rings is 2. The number of nitrogens with zero attached hydrogens (tertiary/aromatic N) is 4. The molecule has 5 nitrogen and oxygen atoms in total. The summed E-state index contributed by atoms with van der Waals surface area (Å²) in [4.78, 5) is 11.4. The van der Waals surface area contributed by atoms with Crippen LogP contribution in [0.5, 0.6) is 5.88 Å². The van der Waals surface area contributed by atoms with Crippen LogP contribution in [0.3, 0.4) is 0 Å². The molecule has 0 unspecified atom stereocenters. The number of hydrogen-bond acceptors (Lipinski definition) is 5. The van der Waals surface area contributed by atoms with Gasteiger partial charge in [0, 0.05) is 63.3 Å². The van der Waals surface area contributed by atoms with Gasteiger partial charge in [-0.1, -0.05) is 18.2 Å². The molecule has 1 aliphatic rings. The van der Waals surface area contributed by atoms with E-state index < -0.39 is 0 Å². The van der Waals surface area contributed by atoms with Crippen LogP contribution >= 0.6 is 0 Å². The molecule has 0 amide bonds. The van der Waals surface area contributed by atoms with Crippen molar-refractivity contribution in [2.24, 2.45) is 0 Å². The van der Waals surface area contributed by atoms with Crippen molar-refractivity contribution in [2.75, 3.05) is 62.1 Å². The Balaban J connectivity index is 1.57. The molecule has 0 N–H and O–H groups in total. The molecule has 0 radical (unpaired) electrons. The molecule has 1 aromatic heterocycles. The normalized spacial score (nSPS) is 14.0. The largest absolute Gasteiger partial charge is 0.481 e. The first-order valence-electron chi connectivity index (χ1n) is 10.5. The van der Waals surface area contributed by atoms with Gasteiger partial charge in [0.1, 0.15) is 5.82 Å². The number of aryl methyl sites for hydroxylation is 1. The van der Waals surface area contributed by atoms with Crippen molar-refractivity contribution in [3.63, 3.8) is 0 Å². The summed E-state index contributed by atoms with van der Waals surface area (Å²) in [7, 11) is 5.70. The zero-order chi connectivity index (χ0) is 22.0. The van der Waals surface area contributed by atoms with Gasteiger partial charge >= 0.3 is 0 Å². The van der Waals surface area contributed by atoms with E-state index in [0.29, 0.717) is 11.4 Å². The summed E-state index contributed by atoms with van der Waals surface area (Å²) < 4.78 is 19.4. The number of rotatable bonds is 5. The van der Waals surface area contributed by atoms with E-state index in [1.54, 1.807) is 20.1 Å². The average Bonchev–Trinajstić information content (AvgIpc) is 2.80. The van der Waals surface area contributed by atoms with Crippen LogP contribution in [0, 0.1) is 12.7 Å². The molecule has 0 bridgehead atoms. The predicted octanol–water partition coefficient (Wildman–Crippen LogP) is 4.60. The predicted molar refractivity (Wildman–Crippen MR) is 126 cm³/mol. The van der Waals surface area contributed by atoms with Crippen LogP contribution in [0.15, 0.2) is 54.6 Å². The molecule has 0 saturated carbocycles. The van der Waals surface area contributed by atoms with E-state index in [4.69, 9.17) is 9.72 Å². The van der Waals surface area contributed by atoms with Gasteiger partial charge in [-0.05, 0) is 42.8 Å². The van der Waals surface area contributed by atoms with E-state index in [9.17, 15) is 4.39 Å². The van der Waals surface area contributed by atoms with Crippen molar-refractivity contribution >= 4 is 17.1 Å². The Morgan fingerprint density at radius 1 is 0.903 bits per heavy atom. The highest BCUT2D eigenvalue weighted by molar-refractivity contribution is 5.77. The molecule has 162 valence electrons. The van der Waals surface area contributed by atoms with E-state index in [1.807, 2.05) is 32.3 Å². The maximum absolute atomic E-state index is 14.0. The van der Waals surface area contributed by atoms with Gasteiger partial charge in [-0.25, -0.2) is 9.37 Å². The Labute approximate surface area is 183 Å². The molecule has 1 fully saturated rings. The zero-order valence-electron chi connectivity index (χ0n) is 18.6. The fourth-order valence-electron chi connectivity index (χ4n) is 3.92. The Morgan fingerprint density at radius 3 is 2.19 bits per heavy atom. The van der Waals surface area contributed by atoms with E-state index in [1.165, 1.54) is 0 Å². The van der Waals surface area contributed by atoms with Crippen LogP contribution in [0.2, 0.25) is 0 Å². The third-order valence-electron chi connectivity index (χ3n) is 5.86. The van der Waals surface area contributed by atoms with Crippen LogP contribution < -0.4 is 19.4 Å². The minimum Gasteiger partial charge on any atom is -0.481 e. The summed E-state index contributed by atoms with van der Waals surface area (Å²) in [6.45, 7) is 5.12.